The summed E-state index contributed by atoms with van der Waals surface area (Å²) in [6.45, 7) is 5.01. The molecule has 0 unspecified atom stereocenters. The van der Waals surface area contributed by atoms with Gasteiger partial charge >= 0.3 is 0 Å². The van der Waals surface area contributed by atoms with Crippen LogP contribution < -0.4 is 5.73 Å². The Bertz CT molecular complexity index is 430. The highest BCUT2D eigenvalue weighted by Gasteiger charge is 2.11. The number of likely N-dealkylation sites (tertiary alicyclic amines) is 1. The van der Waals surface area contributed by atoms with E-state index in [1.54, 1.807) is 0 Å². The van der Waals surface area contributed by atoms with Gasteiger partial charge in [0.05, 0.1) is 0 Å². The van der Waals surface area contributed by atoms with E-state index < -0.39 is 0 Å². The lowest BCUT2D eigenvalue weighted by Gasteiger charge is -2.27. The third-order valence-corrected chi connectivity index (χ3v) is 3.95. The number of rotatable bonds is 6. The molecule has 2 N–H and O–H groups in total. The quantitative estimate of drug-likeness (QED) is 0.336. The summed E-state index contributed by atoms with van der Waals surface area (Å²) in [4.78, 5) is 9.08. The van der Waals surface area contributed by atoms with Crippen molar-refractivity contribution >= 4 is 29.9 Å². The topological polar surface area (TPSA) is 44.9 Å². The Hall–Kier alpha value is -0.820. The fourth-order valence-corrected chi connectivity index (χ4v) is 2.73. The first-order chi connectivity index (χ1) is 10.3. The predicted octanol–water partition coefficient (Wildman–Crippen LogP) is 2.93. The van der Waals surface area contributed by atoms with Crippen molar-refractivity contribution in [3.8, 4) is 0 Å². The Kier molecular flexibility index (Phi) is 9.47. The second-order valence-corrected chi connectivity index (χ2v) is 5.86. The van der Waals surface area contributed by atoms with Crippen LogP contribution in [0, 0.1) is 0 Å². The Morgan fingerprint density at radius 3 is 2.55 bits per heavy atom. The van der Waals surface area contributed by atoms with Crippen LogP contribution in [-0.2, 0) is 6.54 Å². The monoisotopic (exact) mass is 416 g/mol. The van der Waals surface area contributed by atoms with Gasteiger partial charge in [-0.25, -0.2) is 0 Å². The fraction of sp³-hybridized carbons (Fsp3) is 0.588. The molecule has 0 atom stereocenters. The molecule has 0 aliphatic carbocycles. The molecule has 22 heavy (non-hydrogen) atoms. The number of piperidine rings is 1. The minimum atomic E-state index is 0. The highest BCUT2D eigenvalue weighted by molar-refractivity contribution is 14.0. The van der Waals surface area contributed by atoms with Gasteiger partial charge in [-0.1, -0.05) is 30.3 Å². The fourth-order valence-electron chi connectivity index (χ4n) is 2.73. The lowest BCUT2D eigenvalue weighted by atomic mass is 10.1. The third-order valence-electron chi connectivity index (χ3n) is 3.95. The van der Waals surface area contributed by atoms with Gasteiger partial charge in [0.15, 0.2) is 5.96 Å². The molecule has 0 saturated carbocycles. The van der Waals surface area contributed by atoms with E-state index in [0.29, 0.717) is 0 Å². The van der Waals surface area contributed by atoms with Crippen LogP contribution in [0.5, 0.6) is 0 Å². The number of halogens is 1. The summed E-state index contributed by atoms with van der Waals surface area (Å²) in [5.41, 5.74) is 7.41. The van der Waals surface area contributed by atoms with Gasteiger partial charge < -0.3 is 15.5 Å². The van der Waals surface area contributed by atoms with E-state index in [-0.39, 0.29) is 24.0 Å². The molecule has 4 nitrogen and oxygen atoms in total. The number of nitrogens with zero attached hydrogens (tertiary/aromatic N) is 3. The summed E-state index contributed by atoms with van der Waals surface area (Å²) in [6.07, 6.45) is 4.87. The molecule has 1 aliphatic heterocycles. The highest BCUT2D eigenvalue weighted by atomic mass is 127. The molecule has 124 valence electrons. The molecule has 0 radical (unpaired) electrons. The lowest BCUT2D eigenvalue weighted by Crippen LogP contribution is -2.41. The SMILES string of the molecule is CN(CCCN=C(N)N1CCCCC1)Cc1ccccc1.I. The number of nitrogens with two attached hydrogens (primary N) is 1. The van der Waals surface area contributed by atoms with Crippen molar-refractivity contribution in [1.82, 2.24) is 9.80 Å². The van der Waals surface area contributed by atoms with Gasteiger partial charge in [-0.05, 0) is 44.8 Å². The van der Waals surface area contributed by atoms with Crippen molar-refractivity contribution in [3.05, 3.63) is 35.9 Å². The Morgan fingerprint density at radius 2 is 1.86 bits per heavy atom. The standard InChI is InChI=1S/C17H28N4.HI/c1-20(15-16-9-4-2-5-10-16)12-8-11-19-17(18)21-13-6-3-7-14-21;/h2,4-5,9-10H,3,6-8,11-15H2,1H3,(H2,18,19);1H. The van der Waals surface area contributed by atoms with Crippen LogP contribution in [0.4, 0.5) is 0 Å². The van der Waals surface area contributed by atoms with Crippen molar-refractivity contribution in [2.75, 3.05) is 33.2 Å². The molecule has 1 aromatic rings. The molecule has 0 aromatic heterocycles. The van der Waals surface area contributed by atoms with Crippen LogP contribution in [0.2, 0.25) is 0 Å². The minimum Gasteiger partial charge on any atom is -0.370 e. The molecule has 0 bridgehead atoms. The molecule has 0 amide bonds. The molecule has 1 aliphatic rings. The van der Waals surface area contributed by atoms with Crippen molar-refractivity contribution in [1.29, 1.82) is 0 Å². The summed E-state index contributed by atoms with van der Waals surface area (Å²) in [6, 6.07) is 10.6. The predicted molar refractivity (Wildman–Crippen MR) is 105 cm³/mol. The highest BCUT2D eigenvalue weighted by Crippen LogP contribution is 2.08. The Labute approximate surface area is 151 Å². The smallest absolute Gasteiger partial charge is 0.191 e. The number of hydrogen-bond acceptors (Lipinski definition) is 2. The zero-order chi connectivity index (χ0) is 14.9. The van der Waals surface area contributed by atoms with Crippen LogP contribution in [-0.4, -0.2) is 49.0 Å². The largest absolute Gasteiger partial charge is 0.370 e. The van der Waals surface area contributed by atoms with E-state index in [1.165, 1.54) is 24.8 Å². The molecule has 2 rings (SSSR count). The van der Waals surface area contributed by atoms with Crippen molar-refractivity contribution in [2.24, 2.45) is 10.7 Å². The van der Waals surface area contributed by atoms with Gasteiger partial charge in [-0.2, -0.15) is 0 Å². The summed E-state index contributed by atoms with van der Waals surface area (Å²) >= 11 is 0. The molecule has 1 heterocycles. The Morgan fingerprint density at radius 1 is 1.18 bits per heavy atom. The number of hydrogen-bond donors (Lipinski definition) is 1. The first-order valence-electron chi connectivity index (χ1n) is 8.03. The molecular formula is C17H29IN4. The molecule has 1 aromatic carbocycles. The van der Waals surface area contributed by atoms with Gasteiger partial charge in [0.25, 0.3) is 0 Å². The van der Waals surface area contributed by atoms with Crippen molar-refractivity contribution in [2.45, 2.75) is 32.2 Å². The van der Waals surface area contributed by atoms with E-state index in [1.807, 2.05) is 0 Å². The van der Waals surface area contributed by atoms with Crippen molar-refractivity contribution in [3.63, 3.8) is 0 Å². The molecule has 5 heteroatoms. The zero-order valence-electron chi connectivity index (χ0n) is 13.6. The summed E-state index contributed by atoms with van der Waals surface area (Å²) < 4.78 is 0. The molecule has 1 saturated heterocycles. The average Bonchev–Trinajstić information content (AvgIpc) is 2.53. The summed E-state index contributed by atoms with van der Waals surface area (Å²) in [7, 11) is 2.16. The second-order valence-electron chi connectivity index (χ2n) is 5.86. The van der Waals surface area contributed by atoms with E-state index in [4.69, 9.17) is 5.73 Å². The van der Waals surface area contributed by atoms with Gasteiger partial charge in [0.2, 0.25) is 0 Å². The first kappa shape index (κ1) is 19.2. The van der Waals surface area contributed by atoms with Gasteiger partial charge in [0.1, 0.15) is 0 Å². The third kappa shape index (κ3) is 6.96. The average molecular weight is 416 g/mol. The van der Waals surface area contributed by atoms with Gasteiger partial charge in [-0.15, -0.1) is 24.0 Å². The maximum absolute atomic E-state index is 6.05. The van der Waals surface area contributed by atoms with Crippen LogP contribution in [0.25, 0.3) is 0 Å². The van der Waals surface area contributed by atoms with Gasteiger partial charge in [0, 0.05) is 26.2 Å². The van der Waals surface area contributed by atoms with Crippen molar-refractivity contribution < 1.29 is 0 Å². The number of benzene rings is 1. The van der Waals surface area contributed by atoms with Gasteiger partial charge in [-0.3, -0.25) is 4.99 Å². The van der Waals surface area contributed by atoms with Crippen LogP contribution in [0.3, 0.4) is 0 Å². The normalized spacial score (nSPS) is 15.7. The van der Waals surface area contributed by atoms with E-state index in [2.05, 4.69) is 52.2 Å². The maximum atomic E-state index is 6.05. The van der Waals surface area contributed by atoms with Crippen LogP contribution in [0.15, 0.2) is 35.3 Å². The van der Waals surface area contributed by atoms with E-state index >= 15 is 0 Å². The summed E-state index contributed by atoms with van der Waals surface area (Å²) in [5, 5.41) is 0. The van der Waals surface area contributed by atoms with Crippen LogP contribution >= 0.6 is 24.0 Å². The number of aliphatic imine (C=N–C) groups is 1. The first-order valence-corrected chi connectivity index (χ1v) is 8.03. The summed E-state index contributed by atoms with van der Waals surface area (Å²) in [5.74, 6) is 0.736. The Balaban J connectivity index is 0.00000242. The molecule has 0 spiro atoms. The molecular weight excluding hydrogens is 387 g/mol. The second kappa shape index (κ2) is 10.8. The molecule has 1 fully saturated rings. The minimum absolute atomic E-state index is 0. The maximum Gasteiger partial charge on any atom is 0.191 e. The van der Waals surface area contributed by atoms with E-state index in [9.17, 15) is 0 Å². The zero-order valence-corrected chi connectivity index (χ0v) is 15.9. The van der Waals surface area contributed by atoms with E-state index in [0.717, 1.165) is 45.1 Å². The lowest BCUT2D eigenvalue weighted by molar-refractivity contribution is 0.322. The number of guanidine groups is 1. The van der Waals surface area contributed by atoms with Crippen LogP contribution in [0.1, 0.15) is 31.2 Å².